The number of nitrogens with one attached hydrogen (secondary N) is 1. The Bertz CT molecular complexity index is 919. The van der Waals surface area contributed by atoms with E-state index >= 15 is 0 Å². The van der Waals surface area contributed by atoms with Crippen LogP contribution in [0.4, 0.5) is 0 Å². The van der Waals surface area contributed by atoms with Crippen molar-refractivity contribution in [2.45, 2.75) is 6.42 Å². The highest BCUT2D eigenvalue weighted by Gasteiger charge is 2.35. The van der Waals surface area contributed by atoms with E-state index in [0.29, 0.717) is 22.7 Å². The van der Waals surface area contributed by atoms with E-state index in [1.165, 1.54) is 0 Å². The van der Waals surface area contributed by atoms with Crippen LogP contribution in [0.25, 0.3) is 10.9 Å². The first-order valence-electron chi connectivity index (χ1n) is 7.29. The maximum atomic E-state index is 10.4. The quantitative estimate of drug-likeness (QED) is 0.588. The largest absolute Gasteiger partial charge is 0.497 e. The average molecular weight is 309 g/mol. The second-order valence-electron chi connectivity index (χ2n) is 5.51. The Labute approximate surface area is 132 Å². The van der Waals surface area contributed by atoms with Gasteiger partial charge in [-0.25, -0.2) is 4.99 Å². The molecule has 6 nitrogen and oxygen atoms in total. The number of methoxy groups -OCH3 is 1. The van der Waals surface area contributed by atoms with Crippen molar-refractivity contribution >= 4 is 22.3 Å². The predicted molar refractivity (Wildman–Crippen MR) is 87.6 cm³/mol. The van der Waals surface area contributed by atoms with Crippen LogP contribution >= 0.6 is 0 Å². The van der Waals surface area contributed by atoms with Crippen LogP contribution in [0.2, 0.25) is 0 Å². The molecule has 0 bridgehead atoms. The van der Waals surface area contributed by atoms with E-state index < -0.39 is 0 Å². The van der Waals surface area contributed by atoms with Gasteiger partial charge in [-0.1, -0.05) is 17.3 Å². The number of nitrogens with zero attached hydrogens (tertiary/aromatic N) is 2. The topological polar surface area (TPSA) is 90.2 Å². The van der Waals surface area contributed by atoms with E-state index in [1.807, 2.05) is 36.4 Å². The molecule has 1 unspecified atom stereocenters. The van der Waals surface area contributed by atoms with Crippen LogP contribution in [-0.4, -0.2) is 33.8 Å². The molecule has 0 spiro atoms. The number of aromatic hydroxyl groups is 1. The molecule has 1 aromatic heterocycles. The minimum atomic E-state index is -0.0741. The second-order valence-corrected chi connectivity index (χ2v) is 5.51. The van der Waals surface area contributed by atoms with Crippen molar-refractivity contribution in [3.8, 4) is 11.6 Å². The molecule has 0 saturated carbocycles. The number of rotatable bonds is 2. The maximum absolute atomic E-state index is 10.4. The molecule has 1 aliphatic carbocycles. The van der Waals surface area contributed by atoms with E-state index in [2.05, 4.69) is 15.1 Å². The summed E-state index contributed by atoms with van der Waals surface area (Å²) in [6.07, 6.45) is 6.57. The fraction of sp³-hybridized carbons (Fsp3) is 0.176. The molecule has 1 aromatic carbocycles. The first kappa shape index (κ1) is 13.6. The Morgan fingerprint density at radius 3 is 3.04 bits per heavy atom. The molecule has 0 amide bonds. The van der Waals surface area contributed by atoms with Gasteiger partial charge in [-0.2, -0.15) is 0 Å². The summed E-state index contributed by atoms with van der Waals surface area (Å²) >= 11 is 0. The van der Waals surface area contributed by atoms with Crippen LogP contribution in [0.3, 0.4) is 0 Å². The predicted octanol–water partition coefficient (Wildman–Crippen LogP) is 2.98. The van der Waals surface area contributed by atoms with Crippen LogP contribution < -0.4 is 4.74 Å². The molecule has 0 radical (unpaired) electrons. The standard InChI is InChI=1S/C17H15N3O3/c1-23-9-6-7-13-11(8-9)14(17(21)19-13)16-15(20-22)10-4-2-3-5-12(10)18-16/h2-3,5-8,10,19,21-22H,4H2,1H3/b20-15+. The Morgan fingerprint density at radius 1 is 1.39 bits per heavy atom. The monoisotopic (exact) mass is 309 g/mol. The summed E-state index contributed by atoms with van der Waals surface area (Å²) in [4.78, 5) is 7.51. The Kier molecular flexibility index (Phi) is 2.97. The third-order valence-corrected chi connectivity index (χ3v) is 4.28. The molecule has 6 heteroatoms. The summed E-state index contributed by atoms with van der Waals surface area (Å²) in [5.74, 6) is 0.604. The molecule has 4 rings (SSSR count). The summed E-state index contributed by atoms with van der Waals surface area (Å²) in [6, 6.07) is 5.47. The van der Waals surface area contributed by atoms with Crippen molar-refractivity contribution < 1.29 is 15.1 Å². The summed E-state index contributed by atoms with van der Waals surface area (Å²) in [7, 11) is 1.59. The third-order valence-electron chi connectivity index (χ3n) is 4.28. The van der Waals surface area contributed by atoms with Crippen molar-refractivity contribution in [3.05, 3.63) is 47.7 Å². The summed E-state index contributed by atoms with van der Waals surface area (Å²) in [5.41, 5.74) is 3.10. The van der Waals surface area contributed by atoms with Crippen LogP contribution in [0.5, 0.6) is 11.6 Å². The van der Waals surface area contributed by atoms with Gasteiger partial charge in [0, 0.05) is 10.9 Å². The number of benzene rings is 1. The fourth-order valence-electron chi connectivity index (χ4n) is 3.16. The van der Waals surface area contributed by atoms with E-state index in [-0.39, 0.29) is 11.8 Å². The number of aromatic amines is 1. The average Bonchev–Trinajstić information content (AvgIpc) is 3.09. The smallest absolute Gasteiger partial charge is 0.199 e. The van der Waals surface area contributed by atoms with Crippen LogP contribution in [0.15, 0.2) is 52.3 Å². The molecule has 116 valence electrons. The van der Waals surface area contributed by atoms with Crippen molar-refractivity contribution in [3.63, 3.8) is 0 Å². The molecule has 1 atom stereocenters. The number of oxime groups is 1. The molecule has 3 N–H and O–H groups in total. The molecule has 0 saturated heterocycles. The highest BCUT2D eigenvalue weighted by molar-refractivity contribution is 6.53. The summed E-state index contributed by atoms with van der Waals surface area (Å²) in [5, 5.41) is 24.1. The van der Waals surface area contributed by atoms with E-state index in [4.69, 9.17) is 4.74 Å². The SMILES string of the molecule is COc1ccc2[nH]c(O)c(C3=NC4=CC=CCC4/C3=N\O)c2c1. The van der Waals surface area contributed by atoms with Crippen molar-refractivity contribution in [1.82, 2.24) is 4.98 Å². The van der Waals surface area contributed by atoms with Gasteiger partial charge in [-0.05, 0) is 30.7 Å². The number of aliphatic imine (C=N–C) groups is 1. The Hall–Kier alpha value is -3.02. The number of ether oxygens (including phenoxy) is 1. The van der Waals surface area contributed by atoms with E-state index in [9.17, 15) is 10.3 Å². The number of H-pyrrole nitrogens is 1. The molecular weight excluding hydrogens is 294 g/mol. The molecule has 2 aliphatic rings. The molecule has 2 heterocycles. The van der Waals surface area contributed by atoms with E-state index in [0.717, 1.165) is 23.0 Å². The fourth-order valence-corrected chi connectivity index (χ4v) is 3.16. The number of allylic oxidation sites excluding steroid dienone is 4. The number of fused-ring (bicyclic) bond motifs is 2. The first-order valence-corrected chi connectivity index (χ1v) is 7.29. The minimum absolute atomic E-state index is 0.000333. The Balaban J connectivity index is 1.95. The lowest BCUT2D eigenvalue weighted by molar-refractivity contribution is 0.317. The van der Waals surface area contributed by atoms with Gasteiger partial charge in [0.15, 0.2) is 5.88 Å². The highest BCUT2D eigenvalue weighted by atomic mass is 16.5. The third kappa shape index (κ3) is 1.95. The maximum Gasteiger partial charge on any atom is 0.199 e. The zero-order valence-electron chi connectivity index (χ0n) is 12.4. The van der Waals surface area contributed by atoms with E-state index in [1.54, 1.807) is 7.11 Å². The number of aromatic nitrogens is 1. The summed E-state index contributed by atoms with van der Waals surface area (Å²) < 4.78 is 5.26. The van der Waals surface area contributed by atoms with Crippen LogP contribution in [0.1, 0.15) is 12.0 Å². The number of hydrogen-bond donors (Lipinski definition) is 3. The van der Waals surface area contributed by atoms with Gasteiger partial charge in [0.05, 0.1) is 24.3 Å². The lowest BCUT2D eigenvalue weighted by Gasteiger charge is -2.11. The molecule has 2 aromatic rings. The van der Waals surface area contributed by atoms with Gasteiger partial charge in [-0.15, -0.1) is 0 Å². The first-order chi connectivity index (χ1) is 11.2. The molecule has 0 fully saturated rings. The molecule has 23 heavy (non-hydrogen) atoms. The van der Waals surface area contributed by atoms with Gasteiger partial charge in [0.2, 0.25) is 0 Å². The summed E-state index contributed by atoms with van der Waals surface area (Å²) in [6.45, 7) is 0. The van der Waals surface area contributed by atoms with Gasteiger partial charge in [0.1, 0.15) is 17.2 Å². The van der Waals surface area contributed by atoms with Crippen molar-refractivity contribution in [1.29, 1.82) is 0 Å². The van der Waals surface area contributed by atoms with Gasteiger partial charge in [0.25, 0.3) is 0 Å². The lowest BCUT2D eigenvalue weighted by atomic mass is 9.91. The highest BCUT2D eigenvalue weighted by Crippen LogP contribution is 2.37. The Morgan fingerprint density at radius 2 is 2.26 bits per heavy atom. The molecular formula is C17H15N3O3. The van der Waals surface area contributed by atoms with Gasteiger partial charge in [-0.3, -0.25) is 0 Å². The zero-order valence-corrected chi connectivity index (χ0v) is 12.4. The van der Waals surface area contributed by atoms with Crippen LogP contribution in [-0.2, 0) is 0 Å². The van der Waals surface area contributed by atoms with Crippen LogP contribution in [0, 0.1) is 5.92 Å². The zero-order chi connectivity index (χ0) is 16.0. The normalized spacial score (nSPS) is 21.4. The lowest BCUT2D eigenvalue weighted by Crippen LogP contribution is -2.19. The van der Waals surface area contributed by atoms with Gasteiger partial charge < -0.3 is 20.0 Å². The second kappa shape index (κ2) is 5.01. The number of hydrogen-bond acceptors (Lipinski definition) is 5. The van der Waals surface area contributed by atoms with Crippen molar-refractivity contribution in [2.24, 2.45) is 16.1 Å². The minimum Gasteiger partial charge on any atom is -0.497 e. The van der Waals surface area contributed by atoms with Crippen molar-refractivity contribution in [2.75, 3.05) is 7.11 Å². The molecule has 1 aliphatic heterocycles. The van der Waals surface area contributed by atoms with Gasteiger partial charge >= 0.3 is 0 Å².